The highest BCUT2D eigenvalue weighted by atomic mass is 15.2. The molecule has 15 heavy (non-hydrogen) atoms. The number of hydrogen-bond acceptors (Lipinski definition) is 2. The van der Waals surface area contributed by atoms with E-state index in [9.17, 15) is 0 Å². The van der Waals surface area contributed by atoms with Gasteiger partial charge in [-0.05, 0) is 58.0 Å². The maximum atomic E-state index is 3.61. The highest BCUT2D eigenvalue weighted by Gasteiger charge is 2.26. The molecule has 2 heteroatoms. The summed E-state index contributed by atoms with van der Waals surface area (Å²) in [7, 11) is 0. The van der Waals surface area contributed by atoms with Crippen molar-refractivity contribution in [3.63, 3.8) is 0 Å². The first-order chi connectivity index (χ1) is 7.29. The van der Waals surface area contributed by atoms with Gasteiger partial charge >= 0.3 is 0 Å². The molecule has 0 spiro atoms. The van der Waals surface area contributed by atoms with Crippen LogP contribution in [0.1, 0.15) is 46.0 Å². The number of nitrogens with zero attached hydrogens (tertiary/aromatic N) is 1. The highest BCUT2D eigenvalue weighted by Crippen LogP contribution is 2.30. The molecule has 0 aromatic heterocycles. The summed E-state index contributed by atoms with van der Waals surface area (Å²) < 4.78 is 0. The second-order valence-electron chi connectivity index (χ2n) is 5.40. The fourth-order valence-corrected chi connectivity index (χ4v) is 2.22. The van der Waals surface area contributed by atoms with Gasteiger partial charge in [0.05, 0.1) is 0 Å². The van der Waals surface area contributed by atoms with Gasteiger partial charge in [0.15, 0.2) is 0 Å². The van der Waals surface area contributed by atoms with Crippen molar-refractivity contribution in [3.05, 3.63) is 0 Å². The van der Waals surface area contributed by atoms with Gasteiger partial charge in [-0.3, -0.25) is 0 Å². The molecule has 2 rings (SSSR count). The Morgan fingerprint density at radius 2 is 2.00 bits per heavy atom. The Hall–Kier alpha value is -0.0800. The Labute approximate surface area is 94.4 Å². The predicted octanol–water partition coefficient (Wildman–Crippen LogP) is 2.25. The summed E-state index contributed by atoms with van der Waals surface area (Å²) in [5.74, 6) is 1.03. The molecular weight excluding hydrogens is 184 g/mol. The molecule has 1 atom stereocenters. The van der Waals surface area contributed by atoms with Crippen LogP contribution in [0.5, 0.6) is 0 Å². The lowest BCUT2D eigenvalue weighted by Gasteiger charge is -2.28. The van der Waals surface area contributed by atoms with Gasteiger partial charge in [0.2, 0.25) is 0 Å². The monoisotopic (exact) mass is 210 g/mol. The minimum Gasteiger partial charge on any atom is -0.314 e. The van der Waals surface area contributed by atoms with E-state index in [4.69, 9.17) is 0 Å². The third-order valence-corrected chi connectivity index (χ3v) is 3.79. The number of rotatable bonds is 8. The van der Waals surface area contributed by atoms with E-state index >= 15 is 0 Å². The largest absolute Gasteiger partial charge is 0.314 e. The Balaban J connectivity index is 1.59. The molecule has 2 saturated carbocycles. The van der Waals surface area contributed by atoms with Crippen LogP contribution in [0.4, 0.5) is 0 Å². The van der Waals surface area contributed by atoms with Crippen LogP contribution in [0.15, 0.2) is 0 Å². The van der Waals surface area contributed by atoms with Crippen LogP contribution in [-0.2, 0) is 0 Å². The normalized spacial score (nSPS) is 23.4. The summed E-state index contributed by atoms with van der Waals surface area (Å²) in [6, 6.07) is 1.64. The molecule has 1 unspecified atom stereocenters. The van der Waals surface area contributed by atoms with E-state index in [0.29, 0.717) is 0 Å². The van der Waals surface area contributed by atoms with Gasteiger partial charge in [-0.2, -0.15) is 0 Å². The molecule has 2 aliphatic carbocycles. The highest BCUT2D eigenvalue weighted by molar-refractivity contribution is 4.82. The van der Waals surface area contributed by atoms with Crippen molar-refractivity contribution < 1.29 is 0 Å². The van der Waals surface area contributed by atoms with E-state index in [2.05, 4.69) is 24.1 Å². The minimum absolute atomic E-state index is 0.766. The van der Waals surface area contributed by atoms with Crippen molar-refractivity contribution in [2.24, 2.45) is 5.92 Å². The Kier molecular flexibility index (Phi) is 4.04. The molecule has 1 N–H and O–H groups in total. The quantitative estimate of drug-likeness (QED) is 0.661. The minimum atomic E-state index is 0.766. The summed E-state index contributed by atoms with van der Waals surface area (Å²) in [5, 5.41) is 3.61. The van der Waals surface area contributed by atoms with Crippen molar-refractivity contribution in [3.8, 4) is 0 Å². The summed E-state index contributed by atoms with van der Waals surface area (Å²) >= 11 is 0. The predicted molar refractivity (Wildman–Crippen MR) is 65.1 cm³/mol. The number of hydrogen-bond donors (Lipinski definition) is 1. The maximum Gasteiger partial charge on any atom is 0.00790 e. The van der Waals surface area contributed by atoms with Gasteiger partial charge in [-0.1, -0.05) is 6.92 Å². The van der Waals surface area contributed by atoms with Crippen LogP contribution < -0.4 is 5.32 Å². The van der Waals surface area contributed by atoms with E-state index in [1.54, 1.807) is 0 Å². The summed E-state index contributed by atoms with van der Waals surface area (Å²) in [6.07, 6.45) is 7.09. The summed E-state index contributed by atoms with van der Waals surface area (Å²) in [4.78, 5) is 2.66. The topological polar surface area (TPSA) is 15.3 Å². The van der Waals surface area contributed by atoms with Crippen LogP contribution in [0.2, 0.25) is 0 Å². The Morgan fingerprint density at radius 1 is 1.27 bits per heavy atom. The second kappa shape index (κ2) is 5.31. The third kappa shape index (κ3) is 4.12. The first-order valence-electron chi connectivity index (χ1n) is 6.77. The van der Waals surface area contributed by atoms with E-state index in [-0.39, 0.29) is 0 Å². The molecule has 0 aromatic carbocycles. The van der Waals surface area contributed by atoms with Gasteiger partial charge < -0.3 is 10.2 Å². The zero-order valence-electron chi connectivity index (χ0n) is 10.3. The lowest BCUT2D eigenvalue weighted by atomic mass is 10.2. The molecule has 0 aromatic rings. The SMILES string of the molecule is CCN(CC1CC1)C(C)CCNC1CC1. The summed E-state index contributed by atoms with van der Waals surface area (Å²) in [5.41, 5.74) is 0. The van der Waals surface area contributed by atoms with E-state index in [0.717, 1.165) is 18.0 Å². The molecule has 2 fully saturated rings. The average molecular weight is 210 g/mol. The van der Waals surface area contributed by atoms with Crippen LogP contribution in [0, 0.1) is 5.92 Å². The van der Waals surface area contributed by atoms with Crippen LogP contribution in [0.25, 0.3) is 0 Å². The van der Waals surface area contributed by atoms with E-state index in [1.807, 2.05) is 0 Å². The smallest absolute Gasteiger partial charge is 0.00790 e. The van der Waals surface area contributed by atoms with Gasteiger partial charge in [0.1, 0.15) is 0 Å². The fraction of sp³-hybridized carbons (Fsp3) is 1.00. The maximum absolute atomic E-state index is 3.61. The van der Waals surface area contributed by atoms with Gasteiger partial charge in [0, 0.05) is 18.6 Å². The van der Waals surface area contributed by atoms with Gasteiger partial charge in [-0.25, -0.2) is 0 Å². The Bertz CT molecular complexity index is 185. The molecule has 0 heterocycles. The molecule has 0 radical (unpaired) electrons. The zero-order valence-corrected chi connectivity index (χ0v) is 10.3. The molecule has 0 amide bonds. The summed E-state index contributed by atoms with van der Waals surface area (Å²) in [6.45, 7) is 8.48. The van der Waals surface area contributed by atoms with E-state index in [1.165, 1.54) is 51.7 Å². The van der Waals surface area contributed by atoms with Crippen molar-refractivity contribution >= 4 is 0 Å². The molecule has 0 bridgehead atoms. The number of nitrogens with one attached hydrogen (secondary N) is 1. The fourth-order valence-electron chi connectivity index (χ4n) is 2.22. The van der Waals surface area contributed by atoms with E-state index < -0.39 is 0 Å². The second-order valence-corrected chi connectivity index (χ2v) is 5.40. The lowest BCUT2D eigenvalue weighted by Crippen LogP contribution is -2.37. The average Bonchev–Trinajstić information content (AvgIpc) is 3.08. The third-order valence-electron chi connectivity index (χ3n) is 3.79. The van der Waals surface area contributed by atoms with Crippen molar-refractivity contribution in [2.45, 2.75) is 58.0 Å². The van der Waals surface area contributed by atoms with Crippen LogP contribution in [-0.4, -0.2) is 36.6 Å². The molecule has 0 aliphatic heterocycles. The Morgan fingerprint density at radius 3 is 2.53 bits per heavy atom. The molecule has 2 aliphatic rings. The van der Waals surface area contributed by atoms with Gasteiger partial charge in [0.25, 0.3) is 0 Å². The van der Waals surface area contributed by atoms with Crippen LogP contribution >= 0.6 is 0 Å². The van der Waals surface area contributed by atoms with Crippen molar-refractivity contribution in [2.75, 3.05) is 19.6 Å². The molecular formula is C13H26N2. The molecule has 2 nitrogen and oxygen atoms in total. The standard InChI is InChI=1S/C13H26N2/c1-3-15(10-12-4-5-12)11(2)8-9-14-13-6-7-13/h11-14H,3-10H2,1-2H3. The lowest BCUT2D eigenvalue weighted by molar-refractivity contribution is 0.200. The van der Waals surface area contributed by atoms with Crippen LogP contribution in [0.3, 0.4) is 0 Å². The first kappa shape index (κ1) is 11.4. The van der Waals surface area contributed by atoms with Gasteiger partial charge in [-0.15, -0.1) is 0 Å². The molecule has 88 valence electrons. The van der Waals surface area contributed by atoms with Crippen molar-refractivity contribution in [1.29, 1.82) is 0 Å². The first-order valence-corrected chi connectivity index (χ1v) is 6.77. The van der Waals surface area contributed by atoms with Crippen molar-refractivity contribution in [1.82, 2.24) is 10.2 Å². The molecule has 0 saturated heterocycles. The zero-order chi connectivity index (χ0) is 10.7.